The molecule has 1 unspecified atom stereocenters. The van der Waals surface area contributed by atoms with Gasteiger partial charge in [0.15, 0.2) is 10.8 Å². The van der Waals surface area contributed by atoms with Crippen molar-refractivity contribution in [1.29, 1.82) is 0 Å². The van der Waals surface area contributed by atoms with Crippen molar-refractivity contribution in [3.8, 4) is 0 Å². The van der Waals surface area contributed by atoms with Gasteiger partial charge in [-0.15, -0.1) is 11.3 Å². The zero-order valence-electron chi connectivity index (χ0n) is 12.6. The van der Waals surface area contributed by atoms with Crippen LogP contribution in [0.4, 0.5) is 5.13 Å². The summed E-state index contributed by atoms with van der Waals surface area (Å²) in [6.45, 7) is 6.15. The molecule has 0 bridgehead atoms. The number of rotatable bonds is 6. The zero-order valence-corrected chi connectivity index (χ0v) is 13.4. The van der Waals surface area contributed by atoms with E-state index in [-0.39, 0.29) is 12.0 Å². The summed E-state index contributed by atoms with van der Waals surface area (Å²) < 4.78 is 5.00. The first-order chi connectivity index (χ1) is 10.1. The first kappa shape index (κ1) is 15.5. The maximum absolute atomic E-state index is 11.7. The van der Waals surface area contributed by atoms with E-state index in [2.05, 4.69) is 29.4 Å². The van der Waals surface area contributed by atoms with Crippen LogP contribution < -0.4 is 5.32 Å². The topological polar surface area (TPSA) is 51.2 Å². The number of ether oxygens (including phenoxy) is 1. The Morgan fingerprint density at radius 1 is 1.38 bits per heavy atom. The van der Waals surface area contributed by atoms with Gasteiger partial charge in [-0.2, -0.15) is 0 Å². The molecule has 21 heavy (non-hydrogen) atoms. The van der Waals surface area contributed by atoms with Crippen LogP contribution in [0, 0.1) is 6.92 Å². The van der Waals surface area contributed by atoms with E-state index < -0.39 is 0 Å². The lowest BCUT2D eigenvalue weighted by Gasteiger charge is -2.12. The molecule has 5 heteroatoms. The van der Waals surface area contributed by atoms with Crippen LogP contribution in [0.2, 0.25) is 0 Å². The van der Waals surface area contributed by atoms with Gasteiger partial charge in [0.1, 0.15) is 0 Å². The van der Waals surface area contributed by atoms with Crippen LogP contribution in [0.15, 0.2) is 30.3 Å². The van der Waals surface area contributed by atoms with E-state index >= 15 is 0 Å². The Morgan fingerprint density at radius 3 is 2.76 bits per heavy atom. The second-order valence-corrected chi connectivity index (χ2v) is 6.08. The van der Waals surface area contributed by atoms with Gasteiger partial charge in [0.2, 0.25) is 0 Å². The van der Waals surface area contributed by atoms with E-state index in [1.54, 1.807) is 6.92 Å². The van der Waals surface area contributed by atoms with Crippen molar-refractivity contribution in [3.63, 3.8) is 0 Å². The predicted molar refractivity (Wildman–Crippen MR) is 86.0 cm³/mol. The van der Waals surface area contributed by atoms with Gasteiger partial charge in [0, 0.05) is 10.9 Å². The number of benzene rings is 1. The van der Waals surface area contributed by atoms with Crippen LogP contribution in [-0.2, 0) is 11.2 Å². The number of hydrogen-bond donors (Lipinski definition) is 1. The van der Waals surface area contributed by atoms with Crippen molar-refractivity contribution in [2.75, 3.05) is 11.9 Å². The molecule has 0 aliphatic heterocycles. The SMILES string of the molecule is CCOC(=O)c1nc(NC(C)Cc2ccccc2)sc1C. The molecular weight excluding hydrogens is 284 g/mol. The monoisotopic (exact) mass is 304 g/mol. The fourth-order valence-electron chi connectivity index (χ4n) is 2.08. The van der Waals surface area contributed by atoms with Gasteiger partial charge in [0.25, 0.3) is 0 Å². The smallest absolute Gasteiger partial charge is 0.358 e. The molecule has 0 saturated heterocycles. The number of nitrogens with zero attached hydrogens (tertiary/aromatic N) is 1. The highest BCUT2D eigenvalue weighted by Gasteiger charge is 2.17. The molecule has 0 aliphatic carbocycles. The quantitative estimate of drug-likeness (QED) is 0.827. The van der Waals surface area contributed by atoms with E-state index in [1.165, 1.54) is 16.9 Å². The average molecular weight is 304 g/mol. The second kappa shape index (κ2) is 7.22. The minimum Gasteiger partial charge on any atom is -0.461 e. The molecule has 0 amide bonds. The number of aryl methyl sites for hydroxylation is 1. The Balaban J connectivity index is 2.00. The summed E-state index contributed by atoms with van der Waals surface area (Å²) in [4.78, 5) is 17.0. The van der Waals surface area contributed by atoms with Gasteiger partial charge in [-0.25, -0.2) is 9.78 Å². The number of carbonyl (C=O) groups excluding carboxylic acids is 1. The van der Waals surface area contributed by atoms with Crippen molar-refractivity contribution in [2.24, 2.45) is 0 Å². The summed E-state index contributed by atoms with van der Waals surface area (Å²) in [5.41, 5.74) is 1.69. The summed E-state index contributed by atoms with van der Waals surface area (Å²) >= 11 is 1.48. The van der Waals surface area contributed by atoms with Crippen LogP contribution in [0.1, 0.15) is 34.8 Å². The van der Waals surface area contributed by atoms with E-state index in [4.69, 9.17) is 4.74 Å². The molecule has 112 valence electrons. The Bertz CT molecular complexity index is 596. The second-order valence-electron chi connectivity index (χ2n) is 4.88. The molecule has 2 rings (SSSR count). The third kappa shape index (κ3) is 4.29. The fourth-order valence-corrected chi connectivity index (χ4v) is 2.99. The molecule has 4 nitrogen and oxygen atoms in total. The Hall–Kier alpha value is -1.88. The summed E-state index contributed by atoms with van der Waals surface area (Å²) in [5.74, 6) is -0.352. The lowest BCUT2D eigenvalue weighted by Crippen LogP contribution is -2.18. The lowest BCUT2D eigenvalue weighted by atomic mass is 10.1. The largest absolute Gasteiger partial charge is 0.461 e. The molecule has 2 aromatic rings. The molecule has 0 fully saturated rings. The maximum atomic E-state index is 11.7. The highest BCUT2D eigenvalue weighted by molar-refractivity contribution is 7.15. The van der Waals surface area contributed by atoms with Crippen LogP contribution in [0.3, 0.4) is 0 Å². The van der Waals surface area contributed by atoms with E-state index in [0.717, 1.165) is 16.4 Å². The van der Waals surface area contributed by atoms with Gasteiger partial charge in [-0.05, 0) is 32.8 Å². The molecule has 0 spiro atoms. The van der Waals surface area contributed by atoms with E-state index in [9.17, 15) is 4.79 Å². The molecule has 1 heterocycles. The number of anilines is 1. The number of esters is 1. The molecular formula is C16H20N2O2S. The summed E-state index contributed by atoms with van der Waals surface area (Å²) in [6, 6.07) is 10.5. The fraction of sp³-hybridized carbons (Fsp3) is 0.375. The number of nitrogens with one attached hydrogen (secondary N) is 1. The zero-order chi connectivity index (χ0) is 15.2. The first-order valence-corrected chi connectivity index (χ1v) is 7.86. The Kier molecular flexibility index (Phi) is 5.33. The average Bonchev–Trinajstić information content (AvgIpc) is 2.80. The minimum absolute atomic E-state index is 0.244. The van der Waals surface area contributed by atoms with Crippen molar-refractivity contribution in [1.82, 2.24) is 4.98 Å². The minimum atomic E-state index is -0.352. The number of thiazole rings is 1. The molecule has 0 aliphatic rings. The van der Waals surface area contributed by atoms with Gasteiger partial charge in [-0.3, -0.25) is 0 Å². The summed E-state index contributed by atoms with van der Waals surface area (Å²) in [7, 11) is 0. The van der Waals surface area contributed by atoms with Gasteiger partial charge in [-0.1, -0.05) is 30.3 Å². The Morgan fingerprint density at radius 2 is 2.10 bits per heavy atom. The number of carbonyl (C=O) groups is 1. The third-order valence-corrected chi connectivity index (χ3v) is 3.92. The Labute approximate surface area is 129 Å². The van der Waals surface area contributed by atoms with Crippen molar-refractivity contribution in [3.05, 3.63) is 46.5 Å². The predicted octanol–water partition coefficient (Wildman–Crippen LogP) is 3.67. The van der Waals surface area contributed by atoms with E-state index in [1.807, 2.05) is 25.1 Å². The molecule has 1 aromatic carbocycles. The van der Waals surface area contributed by atoms with Gasteiger partial charge < -0.3 is 10.1 Å². The van der Waals surface area contributed by atoms with Crippen LogP contribution >= 0.6 is 11.3 Å². The molecule has 1 aromatic heterocycles. The first-order valence-electron chi connectivity index (χ1n) is 7.05. The maximum Gasteiger partial charge on any atom is 0.358 e. The van der Waals surface area contributed by atoms with Gasteiger partial charge >= 0.3 is 5.97 Å². The standard InChI is InChI=1S/C16H20N2O2S/c1-4-20-15(19)14-12(3)21-16(18-14)17-11(2)10-13-8-6-5-7-9-13/h5-9,11H,4,10H2,1-3H3,(H,17,18). The molecule has 0 radical (unpaired) electrons. The number of hydrogen-bond acceptors (Lipinski definition) is 5. The highest BCUT2D eigenvalue weighted by Crippen LogP contribution is 2.23. The van der Waals surface area contributed by atoms with Crippen molar-refractivity contribution in [2.45, 2.75) is 33.2 Å². The van der Waals surface area contributed by atoms with Crippen LogP contribution in [0.25, 0.3) is 0 Å². The molecule has 0 saturated carbocycles. The number of aromatic nitrogens is 1. The van der Waals surface area contributed by atoms with Crippen LogP contribution in [0.5, 0.6) is 0 Å². The van der Waals surface area contributed by atoms with E-state index in [0.29, 0.717) is 12.3 Å². The summed E-state index contributed by atoms with van der Waals surface area (Å²) in [5, 5.41) is 4.11. The van der Waals surface area contributed by atoms with Crippen molar-refractivity contribution >= 4 is 22.4 Å². The lowest BCUT2D eigenvalue weighted by molar-refractivity contribution is 0.0519. The third-order valence-electron chi connectivity index (χ3n) is 3.02. The van der Waals surface area contributed by atoms with Crippen LogP contribution in [-0.4, -0.2) is 23.6 Å². The highest BCUT2D eigenvalue weighted by atomic mass is 32.1. The molecule has 1 atom stereocenters. The van der Waals surface area contributed by atoms with Gasteiger partial charge in [0.05, 0.1) is 6.61 Å². The van der Waals surface area contributed by atoms with Crippen molar-refractivity contribution < 1.29 is 9.53 Å². The summed E-state index contributed by atoms with van der Waals surface area (Å²) in [6.07, 6.45) is 0.911. The molecule has 1 N–H and O–H groups in total. The normalized spacial score (nSPS) is 12.0.